The fourth-order valence-corrected chi connectivity index (χ4v) is 2.50. The summed E-state index contributed by atoms with van der Waals surface area (Å²) in [5.74, 6) is 1.10. The van der Waals surface area contributed by atoms with Gasteiger partial charge < -0.3 is 4.74 Å². The third-order valence-corrected chi connectivity index (χ3v) is 3.77. The standard InChI is InChI=1S/C19H20N2O2/c22-18-8-4-7-17(13-18)21-20-16-9-11-19(12-10-16)23-14-15-5-2-1-3-6-15/h1-3,5-6,9-12,20H,4,7-8,13-14H2/b21-17-. The smallest absolute Gasteiger partial charge is 0.138 e. The van der Waals surface area contributed by atoms with E-state index >= 15 is 0 Å². The number of carbonyl (C=O) groups is 1. The molecule has 0 aromatic heterocycles. The molecule has 0 atom stereocenters. The molecule has 1 aliphatic carbocycles. The van der Waals surface area contributed by atoms with E-state index in [0.29, 0.717) is 19.4 Å². The fraction of sp³-hybridized carbons (Fsp3) is 0.263. The van der Waals surface area contributed by atoms with E-state index in [1.807, 2.05) is 54.6 Å². The van der Waals surface area contributed by atoms with Crippen LogP contribution in [0.5, 0.6) is 5.75 Å². The molecule has 1 N–H and O–H groups in total. The third-order valence-electron chi connectivity index (χ3n) is 3.77. The molecular formula is C19H20N2O2. The quantitative estimate of drug-likeness (QED) is 0.843. The molecule has 1 saturated carbocycles. The minimum atomic E-state index is 0.279. The van der Waals surface area contributed by atoms with Crippen LogP contribution in [-0.2, 0) is 11.4 Å². The minimum Gasteiger partial charge on any atom is -0.489 e. The summed E-state index contributed by atoms with van der Waals surface area (Å²) < 4.78 is 5.75. The lowest BCUT2D eigenvalue weighted by Crippen LogP contribution is -2.15. The largest absolute Gasteiger partial charge is 0.489 e. The van der Waals surface area contributed by atoms with Crippen molar-refractivity contribution in [1.29, 1.82) is 0 Å². The van der Waals surface area contributed by atoms with Gasteiger partial charge >= 0.3 is 0 Å². The van der Waals surface area contributed by atoms with Crippen molar-refractivity contribution in [3.05, 3.63) is 60.2 Å². The summed E-state index contributed by atoms with van der Waals surface area (Å²) in [4.78, 5) is 11.4. The van der Waals surface area contributed by atoms with E-state index in [9.17, 15) is 4.79 Å². The second kappa shape index (κ2) is 7.58. The summed E-state index contributed by atoms with van der Waals surface area (Å²) in [6.45, 7) is 0.554. The topological polar surface area (TPSA) is 50.7 Å². The monoisotopic (exact) mass is 308 g/mol. The lowest BCUT2D eigenvalue weighted by atomic mass is 9.97. The van der Waals surface area contributed by atoms with Gasteiger partial charge in [-0.25, -0.2) is 0 Å². The summed E-state index contributed by atoms with van der Waals surface area (Å²) >= 11 is 0. The highest BCUT2D eigenvalue weighted by atomic mass is 16.5. The van der Waals surface area contributed by atoms with Crippen LogP contribution in [-0.4, -0.2) is 11.5 Å². The number of hydrogen-bond donors (Lipinski definition) is 1. The van der Waals surface area contributed by atoms with Crippen LogP contribution in [0.15, 0.2) is 59.7 Å². The fourth-order valence-electron chi connectivity index (χ4n) is 2.50. The number of ether oxygens (including phenoxy) is 1. The van der Waals surface area contributed by atoms with Crippen LogP contribution in [0.3, 0.4) is 0 Å². The predicted octanol–water partition coefficient (Wildman–Crippen LogP) is 4.18. The van der Waals surface area contributed by atoms with Crippen LogP contribution in [0, 0.1) is 0 Å². The Morgan fingerprint density at radius 1 is 1.00 bits per heavy atom. The van der Waals surface area contributed by atoms with Gasteiger partial charge in [0.2, 0.25) is 0 Å². The van der Waals surface area contributed by atoms with Crippen LogP contribution in [0.1, 0.15) is 31.2 Å². The van der Waals surface area contributed by atoms with Crippen molar-refractivity contribution in [2.75, 3.05) is 5.43 Å². The van der Waals surface area contributed by atoms with Gasteiger partial charge in [0.1, 0.15) is 18.1 Å². The maximum atomic E-state index is 11.4. The first-order valence-electron chi connectivity index (χ1n) is 7.89. The Morgan fingerprint density at radius 2 is 1.78 bits per heavy atom. The number of anilines is 1. The van der Waals surface area contributed by atoms with Crippen molar-refractivity contribution in [3.63, 3.8) is 0 Å². The molecule has 1 aliphatic rings. The molecule has 0 heterocycles. The van der Waals surface area contributed by atoms with Crippen molar-refractivity contribution in [2.24, 2.45) is 5.10 Å². The van der Waals surface area contributed by atoms with Gasteiger partial charge in [0.05, 0.1) is 5.69 Å². The van der Waals surface area contributed by atoms with Gasteiger partial charge in [-0.3, -0.25) is 10.2 Å². The summed E-state index contributed by atoms with van der Waals surface area (Å²) in [5, 5.41) is 4.33. The zero-order valence-corrected chi connectivity index (χ0v) is 13.0. The highest BCUT2D eigenvalue weighted by Gasteiger charge is 2.14. The number of carbonyl (C=O) groups excluding carboxylic acids is 1. The van der Waals surface area contributed by atoms with Crippen molar-refractivity contribution >= 4 is 17.2 Å². The summed E-state index contributed by atoms with van der Waals surface area (Å²) in [6.07, 6.45) is 2.97. The third kappa shape index (κ3) is 4.68. The zero-order chi connectivity index (χ0) is 15.9. The van der Waals surface area contributed by atoms with Crippen LogP contribution in [0.2, 0.25) is 0 Å². The Kier molecular flexibility index (Phi) is 5.04. The van der Waals surface area contributed by atoms with Crippen molar-refractivity contribution in [1.82, 2.24) is 0 Å². The Morgan fingerprint density at radius 3 is 2.52 bits per heavy atom. The number of hydrogen-bond acceptors (Lipinski definition) is 4. The number of rotatable bonds is 5. The zero-order valence-electron chi connectivity index (χ0n) is 13.0. The highest BCUT2D eigenvalue weighted by Crippen LogP contribution is 2.18. The first-order chi connectivity index (χ1) is 11.3. The second-order valence-corrected chi connectivity index (χ2v) is 5.66. The number of nitrogens with one attached hydrogen (secondary N) is 1. The number of benzene rings is 2. The van der Waals surface area contributed by atoms with Crippen molar-refractivity contribution < 1.29 is 9.53 Å². The van der Waals surface area contributed by atoms with Crippen LogP contribution in [0.4, 0.5) is 5.69 Å². The van der Waals surface area contributed by atoms with E-state index in [1.165, 1.54) is 0 Å². The van der Waals surface area contributed by atoms with E-state index in [1.54, 1.807) is 0 Å². The van der Waals surface area contributed by atoms with E-state index in [4.69, 9.17) is 4.74 Å². The lowest BCUT2D eigenvalue weighted by molar-refractivity contribution is -0.118. The molecule has 3 rings (SSSR count). The molecule has 23 heavy (non-hydrogen) atoms. The Balaban J connectivity index is 1.52. The first-order valence-corrected chi connectivity index (χ1v) is 7.89. The molecule has 0 unspecified atom stereocenters. The van der Waals surface area contributed by atoms with E-state index in [-0.39, 0.29) is 5.78 Å². The number of hydrazone groups is 1. The van der Waals surface area contributed by atoms with Gasteiger partial charge in [-0.1, -0.05) is 30.3 Å². The molecule has 0 spiro atoms. The maximum Gasteiger partial charge on any atom is 0.138 e. The summed E-state index contributed by atoms with van der Waals surface area (Å²) in [5.41, 5.74) is 5.98. The molecule has 0 saturated heterocycles. The molecule has 2 aromatic rings. The van der Waals surface area contributed by atoms with E-state index < -0.39 is 0 Å². The van der Waals surface area contributed by atoms with Gasteiger partial charge in [0.25, 0.3) is 0 Å². The Hall–Kier alpha value is -2.62. The Labute approximate surface area is 136 Å². The van der Waals surface area contributed by atoms with Crippen LogP contribution >= 0.6 is 0 Å². The van der Waals surface area contributed by atoms with E-state index in [0.717, 1.165) is 35.6 Å². The van der Waals surface area contributed by atoms with Crippen molar-refractivity contribution in [3.8, 4) is 5.75 Å². The summed E-state index contributed by atoms with van der Waals surface area (Å²) in [7, 11) is 0. The summed E-state index contributed by atoms with van der Waals surface area (Å²) in [6, 6.07) is 17.8. The van der Waals surface area contributed by atoms with Crippen molar-refractivity contribution in [2.45, 2.75) is 32.3 Å². The van der Waals surface area contributed by atoms with Gasteiger partial charge in [0.15, 0.2) is 0 Å². The predicted molar refractivity (Wildman–Crippen MR) is 91.7 cm³/mol. The molecule has 0 radical (unpaired) electrons. The molecule has 2 aromatic carbocycles. The lowest BCUT2D eigenvalue weighted by Gasteiger charge is -2.12. The molecule has 0 bridgehead atoms. The maximum absolute atomic E-state index is 11.4. The normalized spacial score (nSPS) is 16.3. The molecule has 0 aliphatic heterocycles. The number of Topliss-reactive ketones (excluding diaryl/α,β-unsaturated/α-hetero) is 1. The average Bonchev–Trinajstić information content (AvgIpc) is 2.60. The SMILES string of the molecule is O=C1CCC/C(=N/Nc2ccc(OCc3ccccc3)cc2)C1. The van der Waals surface area contributed by atoms with Crippen LogP contribution < -0.4 is 10.2 Å². The van der Waals surface area contributed by atoms with Gasteiger partial charge in [-0.2, -0.15) is 5.10 Å². The molecule has 4 heteroatoms. The number of ketones is 1. The molecule has 1 fully saturated rings. The molecule has 0 amide bonds. The van der Waals surface area contributed by atoms with Crippen LogP contribution in [0.25, 0.3) is 0 Å². The van der Waals surface area contributed by atoms with Gasteiger partial charge in [0, 0.05) is 18.6 Å². The molecule has 118 valence electrons. The van der Waals surface area contributed by atoms with Gasteiger partial charge in [-0.15, -0.1) is 0 Å². The number of nitrogens with zero attached hydrogens (tertiary/aromatic N) is 1. The van der Waals surface area contributed by atoms with Gasteiger partial charge in [-0.05, 0) is 42.7 Å². The Bertz CT molecular complexity index is 678. The minimum absolute atomic E-state index is 0.279. The highest BCUT2D eigenvalue weighted by molar-refractivity contribution is 6.04. The second-order valence-electron chi connectivity index (χ2n) is 5.66. The molecular weight excluding hydrogens is 288 g/mol. The van der Waals surface area contributed by atoms with E-state index in [2.05, 4.69) is 10.5 Å². The molecule has 4 nitrogen and oxygen atoms in total. The average molecular weight is 308 g/mol. The first kappa shape index (κ1) is 15.3.